The minimum atomic E-state index is 0.182. The lowest BCUT2D eigenvalue weighted by Gasteiger charge is -2.34. The van der Waals surface area contributed by atoms with Gasteiger partial charge in [-0.3, -0.25) is 0 Å². The topological polar surface area (TPSA) is 93.6 Å². The Balaban J connectivity index is 0.000000121. The number of benzene rings is 11. The number of nitrogens with zero attached hydrogens (tertiary/aromatic N) is 8. The number of hydrogen-bond donors (Lipinski definition) is 4. The van der Waals surface area contributed by atoms with Crippen LogP contribution in [-0.4, -0.2) is 111 Å². The minimum Gasteiger partial charge on any atom is -0.395 e. The van der Waals surface area contributed by atoms with Crippen LogP contribution in [0.4, 0.5) is 56.9 Å². The van der Waals surface area contributed by atoms with Gasteiger partial charge in [0.2, 0.25) is 0 Å². The summed E-state index contributed by atoms with van der Waals surface area (Å²) in [5.74, 6) is 0. The van der Waals surface area contributed by atoms with Gasteiger partial charge in [-0.05, 0) is 254 Å². The zero-order valence-electron chi connectivity index (χ0n) is 66.7. The largest absolute Gasteiger partial charge is 0.395 e. The third-order valence-electron chi connectivity index (χ3n) is 21.0. The van der Waals surface area contributed by atoms with Crippen molar-refractivity contribution in [3.05, 3.63) is 292 Å². The number of fused-ring (bicyclic) bond motifs is 10. The van der Waals surface area contributed by atoms with Crippen LogP contribution in [0.15, 0.2) is 310 Å². The van der Waals surface area contributed by atoms with Crippen molar-refractivity contribution in [3.8, 4) is 0 Å². The van der Waals surface area contributed by atoms with Crippen LogP contribution in [0, 0.1) is 0 Å². The van der Waals surface area contributed by atoms with Gasteiger partial charge >= 0.3 is 0 Å². The molecule has 0 spiro atoms. The Labute approximate surface area is 744 Å². The number of hydrogen-bond acceptors (Lipinski definition) is 16. The maximum Gasteiger partial charge on any atom is 0.0945 e. The Kier molecular flexibility index (Phi) is 33.1. The molecule has 4 N–H and O–H groups in total. The van der Waals surface area contributed by atoms with Gasteiger partial charge in [-0.25, -0.2) is 4.98 Å². The number of para-hydroxylation sites is 5. The first-order valence-electron chi connectivity index (χ1n) is 41.2. The number of likely N-dealkylation sites (tertiary alicyclic amines) is 1. The van der Waals surface area contributed by atoms with E-state index in [2.05, 4.69) is 268 Å². The highest BCUT2D eigenvalue weighted by Gasteiger charge is 2.29. The summed E-state index contributed by atoms with van der Waals surface area (Å²) in [5, 5.41) is 23.1. The van der Waals surface area contributed by atoms with E-state index in [1.165, 1.54) is 170 Å². The highest BCUT2D eigenvalue weighted by atomic mass is 35.5. The fraction of sp³-hybridized carbons (Fsp3) is 0.281. The third kappa shape index (κ3) is 23.7. The number of aromatic nitrogens is 2. The normalized spacial score (nSPS) is 13.7. The number of aryl methyl sites for hydroxylation is 1. The van der Waals surface area contributed by atoms with Gasteiger partial charge in [0.1, 0.15) is 0 Å². The highest BCUT2D eigenvalue weighted by molar-refractivity contribution is 8.00. The molecule has 0 radical (unpaired) electrons. The quantitative estimate of drug-likeness (QED) is 0.0368. The summed E-state index contributed by atoms with van der Waals surface area (Å²) >= 11 is 40.3. The lowest BCUT2D eigenvalue weighted by atomic mass is 10.1. The van der Waals surface area contributed by atoms with Crippen molar-refractivity contribution in [1.82, 2.24) is 30.4 Å². The van der Waals surface area contributed by atoms with Crippen molar-refractivity contribution in [2.45, 2.75) is 133 Å². The lowest BCUT2D eigenvalue weighted by molar-refractivity contribution is 0.227. The SMILES string of the molecule is CCCCNCCCN1c2ccccc2Sc2ccc(Cl)cc21.Clc1ccc2c(c1)N(CCCN1CCCCC1)c1ccccc1S2.Clc1ccc2c(c1)N(CCCNCc1ccccc1)c1ccccc1S2.Clc1ccc2c(c1)N(CCCn1ccnc1)c1ccccc1S2.OCCNCCCN1c2ccccc2Sc2ccc(Cl)cc21. The molecule has 612 valence electrons. The van der Waals surface area contributed by atoms with Crippen molar-refractivity contribution >= 4 is 174 Å². The number of aliphatic hydroxyl groups excluding tert-OH is 1. The summed E-state index contributed by atoms with van der Waals surface area (Å²) in [6, 6.07) is 84.3. The molecule has 22 heteroatoms. The first-order valence-corrected chi connectivity index (χ1v) is 47.1. The molecule has 0 unspecified atom stereocenters. The fourth-order valence-electron chi connectivity index (χ4n) is 15.2. The van der Waals surface area contributed by atoms with E-state index in [0.717, 1.165) is 123 Å². The van der Waals surface area contributed by atoms with Crippen molar-refractivity contribution in [2.75, 3.05) is 116 Å². The highest BCUT2D eigenvalue weighted by Crippen LogP contribution is 2.54. The molecule has 18 rings (SSSR count). The Morgan fingerprint density at radius 1 is 0.322 bits per heavy atom. The van der Waals surface area contributed by atoms with Crippen molar-refractivity contribution in [3.63, 3.8) is 0 Å². The van der Waals surface area contributed by atoms with Gasteiger partial charge in [0.15, 0.2) is 0 Å². The minimum absolute atomic E-state index is 0.182. The van der Waals surface area contributed by atoms with Crippen molar-refractivity contribution in [2.24, 2.45) is 0 Å². The van der Waals surface area contributed by atoms with Gasteiger partial charge in [0, 0.05) is 139 Å². The van der Waals surface area contributed by atoms with Crippen molar-refractivity contribution in [1.29, 1.82) is 0 Å². The molecule has 1 fully saturated rings. The Bertz CT molecular complexity index is 5200. The van der Waals surface area contributed by atoms with Crippen molar-refractivity contribution < 1.29 is 5.11 Å². The van der Waals surface area contributed by atoms with Crippen LogP contribution in [-0.2, 0) is 13.1 Å². The summed E-state index contributed by atoms with van der Waals surface area (Å²) in [4.78, 5) is 31.6. The predicted molar refractivity (Wildman–Crippen MR) is 507 cm³/mol. The first-order chi connectivity index (χ1) is 58.0. The van der Waals surface area contributed by atoms with E-state index >= 15 is 0 Å². The lowest BCUT2D eigenvalue weighted by Crippen LogP contribution is -2.32. The Hall–Kier alpha value is -7.37. The van der Waals surface area contributed by atoms with Crippen LogP contribution in [0.25, 0.3) is 0 Å². The monoisotopic (exact) mass is 1760 g/mol. The number of imidazole rings is 1. The summed E-state index contributed by atoms with van der Waals surface area (Å²) in [7, 11) is 0. The molecule has 6 aliphatic rings. The number of piperidine rings is 1. The zero-order valence-corrected chi connectivity index (χ0v) is 74.5. The number of aliphatic hydroxyl groups is 1. The van der Waals surface area contributed by atoms with Gasteiger partial charge < -0.3 is 55.0 Å². The molecule has 11 aromatic carbocycles. The summed E-state index contributed by atoms with van der Waals surface area (Å²) in [6.45, 7) is 17.6. The van der Waals surface area contributed by atoms with E-state index in [4.69, 9.17) is 63.1 Å². The maximum absolute atomic E-state index is 8.81. The molecule has 0 saturated carbocycles. The van der Waals surface area contributed by atoms with Crippen LogP contribution in [0.2, 0.25) is 25.1 Å². The molecular formula is C96H102Cl5N11OS5. The van der Waals surface area contributed by atoms with Crippen LogP contribution < -0.4 is 40.4 Å². The van der Waals surface area contributed by atoms with Gasteiger partial charge in [0.25, 0.3) is 0 Å². The number of anilines is 10. The average Bonchev–Trinajstić information content (AvgIpc) is 0.820. The van der Waals surface area contributed by atoms with Gasteiger partial charge in [-0.2, -0.15) is 0 Å². The summed E-state index contributed by atoms with van der Waals surface area (Å²) in [6.07, 6.45) is 17.7. The molecule has 0 amide bonds. The van der Waals surface area contributed by atoms with E-state index in [1.807, 2.05) is 102 Å². The van der Waals surface area contributed by atoms with Gasteiger partial charge in [0.05, 0.1) is 69.8 Å². The van der Waals surface area contributed by atoms with Crippen LogP contribution in [0.1, 0.15) is 76.7 Å². The molecule has 6 aliphatic heterocycles. The van der Waals surface area contributed by atoms with E-state index in [1.54, 1.807) is 11.8 Å². The standard InChI is InChI=1S/C22H21ClN2S.C20H23ClN2S.C19H23ClN2S.C18H16ClN3S.C17H19ClN2OS/c23-18-11-12-22-20(15-18)25(19-9-4-5-10-21(19)26-22)14-6-13-24-16-17-7-2-1-3-8-17;21-16-9-10-20-18(15-16)23(17-7-2-3-8-19(17)24-20)14-6-13-22-11-4-1-5-12-22;1-2-3-11-21-12-6-13-22-16-7-4-5-8-18(16)23-19-10-9-15(20)14-17(19)22;19-14-6-7-18-16(12-14)22(10-3-9-21-11-8-20-13-21)15-4-1-2-5-17(15)23-18;18-13-6-7-17-15(12-13)20(10-3-8-19-9-11-21)14-4-1-2-5-16(14)22-17/h1-5,7-12,15,24H,6,13-14,16H2;2-3,7-10,15H,1,4-6,11-14H2;4-5,7-10,14,21H,2-3,6,11-13H2,1H3;1-2,4-8,11-13H,3,9-10H2;1-2,4-7,12,19,21H,3,8-11H2. The van der Waals surface area contributed by atoms with Crippen LogP contribution in [0.3, 0.4) is 0 Å². The van der Waals surface area contributed by atoms with E-state index in [9.17, 15) is 0 Å². The summed E-state index contributed by atoms with van der Waals surface area (Å²) < 4.78 is 2.11. The second-order valence-corrected chi connectivity index (χ2v) is 37.0. The maximum atomic E-state index is 8.81. The third-order valence-corrected chi connectivity index (χ3v) is 27.8. The van der Waals surface area contributed by atoms with E-state index in [0.29, 0.717) is 6.54 Å². The van der Waals surface area contributed by atoms with E-state index in [-0.39, 0.29) is 6.61 Å². The molecule has 7 heterocycles. The summed E-state index contributed by atoms with van der Waals surface area (Å²) in [5.41, 5.74) is 13.8. The second kappa shape index (κ2) is 45.0. The molecule has 0 aliphatic carbocycles. The Morgan fingerprint density at radius 3 is 0.983 bits per heavy atom. The predicted octanol–water partition coefficient (Wildman–Crippen LogP) is 26.8. The molecule has 0 atom stereocenters. The number of nitrogens with one attached hydrogen (secondary N) is 3. The first kappa shape index (κ1) is 87.0. The number of halogens is 5. The molecule has 118 heavy (non-hydrogen) atoms. The van der Waals surface area contributed by atoms with Gasteiger partial charge in [-0.15, -0.1) is 0 Å². The second-order valence-electron chi connectivity index (χ2n) is 29.4. The fourth-order valence-corrected chi connectivity index (χ4v) is 21.4. The number of unbranched alkanes of at least 4 members (excludes halogenated alkanes) is 1. The molecular weight excluding hydrogens is 1660 g/mol. The molecule has 0 bridgehead atoms. The molecule has 1 aromatic heterocycles. The molecule has 1 saturated heterocycles. The van der Waals surface area contributed by atoms with Crippen LogP contribution >= 0.6 is 117 Å². The van der Waals surface area contributed by atoms with Crippen LogP contribution in [0.5, 0.6) is 0 Å². The molecule has 12 nitrogen and oxygen atoms in total. The Morgan fingerprint density at radius 2 is 0.636 bits per heavy atom. The molecule has 12 aromatic rings. The van der Waals surface area contributed by atoms with E-state index < -0.39 is 0 Å². The zero-order chi connectivity index (χ0) is 81.2. The number of rotatable bonds is 27. The van der Waals surface area contributed by atoms with Gasteiger partial charge in [-0.1, -0.05) is 228 Å². The smallest absolute Gasteiger partial charge is 0.0945 e. The average molecular weight is 1760 g/mol.